The van der Waals surface area contributed by atoms with Crippen molar-refractivity contribution in [2.75, 3.05) is 20.0 Å². The summed E-state index contributed by atoms with van der Waals surface area (Å²) in [6, 6.07) is 20.6. The Bertz CT molecular complexity index is 1220. The molecule has 3 N–H and O–H groups in total. The fourth-order valence-corrected chi connectivity index (χ4v) is 3.18. The van der Waals surface area contributed by atoms with Gasteiger partial charge in [0, 0.05) is 22.3 Å². The van der Waals surface area contributed by atoms with Gasteiger partial charge in [0.1, 0.15) is 22.8 Å². The molecule has 0 fully saturated rings. The minimum Gasteiger partial charge on any atom is -0.497 e. The molecule has 0 amide bonds. The zero-order valence-electron chi connectivity index (χ0n) is 15.6. The molecule has 6 nitrogen and oxygen atoms in total. The molecule has 0 spiro atoms. The number of nitrogen functional groups attached to an aromatic ring is 1. The average molecular weight is 372 g/mol. The normalized spacial score (nSPS) is 10.8. The van der Waals surface area contributed by atoms with Gasteiger partial charge in [-0.2, -0.15) is 0 Å². The molecule has 140 valence electrons. The molecule has 1 aromatic heterocycles. The molecule has 4 aromatic rings. The molecule has 0 atom stereocenters. The van der Waals surface area contributed by atoms with E-state index in [9.17, 15) is 0 Å². The van der Waals surface area contributed by atoms with Crippen molar-refractivity contribution in [1.82, 2.24) is 9.55 Å². The smallest absolute Gasteiger partial charge is 0.148 e. The minimum absolute atomic E-state index is 0.298. The number of ether oxygens (including phenoxy) is 2. The molecule has 28 heavy (non-hydrogen) atoms. The Kier molecular flexibility index (Phi) is 4.45. The first-order chi connectivity index (χ1) is 13.6. The summed E-state index contributed by atoms with van der Waals surface area (Å²) in [5.74, 6) is 1.92. The number of nitrogens with one attached hydrogen (secondary N) is 1. The Morgan fingerprint density at radius 3 is 2.29 bits per heavy atom. The fourth-order valence-electron chi connectivity index (χ4n) is 3.18. The summed E-state index contributed by atoms with van der Waals surface area (Å²) < 4.78 is 12.5. The molecule has 6 heteroatoms. The third-order valence-electron chi connectivity index (χ3n) is 4.64. The highest BCUT2D eigenvalue weighted by molar-refractivity contribution is 5.84. The second-order valence-corrected chi connectivity index (χ2v) is 6.29. The van der Waals surface area contributed by atoms with Crippen LogP contribution in [0.15, 0.2) is 66.7 Å². The van der Waals surface area contributed by atoms with Crippen LogP contribution < -0.4 is 20.7 Å². The maximum atomic E-state index is 8.90. The number of benzene rings is 3. The van der Waals surface area contributed by atoms with Crippen molar-refractivity contribution in [3.8, 4) is 28.6 Å². The molecule has 0 unspecified atom stereocenters. The Balaban J connectivity index is 2.12. The maximum Gasteiger partial charge on any atom is 0.148 e. The summed E-state index contributed by atoms with van der Waals surface area (Å²) in [5.41, 5.74) is 9.35. The molecule has 0 radical (unpaired) electrons. The molecule has 0 saturated heterocycles. The fraction of sp³-hybridized carbons (Fsp3) is 0.0909. The molecule has 0 bridgehead atoms. The van der Waals surface area contributed by atoms with E-state index in [0.717, 1.165) is 5.69 Å². The second-order valence-electron chi connectivity index (χ2n) is 6.29. The van der Waals surface area contributed by atoms with Crippen molar-refractivity contribution in [1.29, 1.82) is 5.41 Å². The molecule has 0 aliphatic heterocycles. The van der Waals surface area contributed by atoms with Crippen molar-refractivity contribution in [2.24, 2.45) is 0 Å². The van der Waals surface area contributed by atoms with Crippen molar-refractivity contribution < 1.29 is 9.47 Å². The first kappa shape index (κ1) is 17.6. The lowest BCUT2D eigenvalue weighted by Crippen LogP contribution is -2.22. The summed E-state index contributed by atoms with van der Waals surface area (Å²) in [6.07, 6.45) is 0. The van der Waals surface area contributed by atoms with Gasteiger partial charge in [0.2, 0.25) is 0 Å². The van der Waals surface area contributed by atoms with Crippen molar-refractivity contribution >= 4 is 16.6 Å². The zero-order valence-corrected chi connectivity index (χ0v) is 15.6. The number of aromatic nitrogens is 2. The van der Waals surface area contributed by atoms with Crippen LogP contribution in [0.2, 0.25) is 0 Å². The van der Waals surface area contributed by atoms with Crippen LogP contribution >= 0.6 is 0 Å². The van der Waals surface area contributed by atoms with Gasteiger partial charge in [0.15, 0.2) is 0 Å². The lowest BCUT2D eigenvalue weighted by molar-refractivity contribution is 0.415. The number of hydrogen-bond donors (Lipinski definition) is 2. The van der Waals surface area contributed by atoms with Crippen molar-refractivity contribution in [2.45, 2.75) is 0 Å². The van der Waals surface area contributed by atoms with Crippen LogP contribution in [0.5, 0.6) is 11.5 Å². The molecular formula is C22H20N4O2. The van der Waals surface area contributed by atoms with E-state index in [1.165, 1.54) is 0 Å². The summed E-state index contributed by atoms with van der Waals surface area (Å²) >= 11 is 0. The Morgan fingerprint density at radius 2 is 1.57 bits per heavy atom. The molecule has 0 saturated carbocycles. The van der Waals surface area contributed by atoms with E-state index in [1.54, 1.807) is 30.9 Å². The number of rotatable bonds is 4. The van der Waals surface area contributed by atoms with E-state index in [0.29, 0.717) is 45.0 Å². The van der Waals surface area contributed by atoms with Crippen LogP contribution in [0.1, 0.15) is 0 Å². The van der Waals surface area contributed by atoms with E-state index in [-0.39, 0.29) is 0 Å². The van der Waals surface area contributed by atoms with Gasteiger partial charge in [0.25, 0.3) is 0 Å². The predicted molar refractivity (Wildman–Crippen MR) is 110 cm³/mol. The topological polar surface area (TPSA) is 86.2 Å². The van der Waals surface area contributed by atoms with Gasteiger partial charge in [-0.05, 0) is 48.5 Å². The number of para-hydroxylation sites is 1. The minimum atomic E-state index is 0.298. The maximum absolute atomic E-state index is 8.90. The van der Waals surface area contributed by atoms with Crippen LogP contribution in [-0.4, -0.2) is 23.8 Å². The summed E-state index contributed by atoms with van der Waals surface area (Å²) in [5, 5.41) is 9.59. The molecule has 3 aromatic carbocycles. The third kappa shape index (κ3) is 2.95. The first-order valence-electron chi connectivity index (χ1n) is 8.77. The van der Waals surface area contributed by atoms with E-state index in [4.69, 9.17) is 25.6 Å². The van der Waals surface area contributed by atoms with Gasteiger partial charge in [0.05, 0.1) is 19.7 Å². The quantitative estimate of drug-likeness (QED) is 0.534. The number of anilines is 1. The van der Waals surface area contributed by atoms with Crippen LogP contribution in [0, 0.1) is 5.41 Å². The number of nitrogens with two attached hydrogens (primary N) is 1. The Hall–Kier alpha value is -3.80. The standard InChI is InChI=1S/C22H20N4O2/c1-27-15-8-10-19(23)17(12-15)22-25-20-11-9-16(28-2)13-18(20)21(24)26(22)14-6-4-3-5-7-14/h3-13,24H,23H2,1-2H3. The van der Waals surface area contributed by atoms with Crippen LogP contribution in [0.3, 0.4) is 0 Å². The van der Waals surface area contributed by atoms with Gasteiger partial charge in [-0.15, -0.1) is 0 Å². The zero-order chi connectivity index (χ0) is 19.7. The molecule has 4 rings (SSSR count). The molecule has 0 aliphatic carbocycles. The SMILES string of the molecule is COc1ccc(N)c(-c2nc3ccc(OC)cc3c(=N)n2-c2ccccc2)c1. The highest BCUT2D eigenvalue weighted by Crippen LogP contribution is 2.31. The van der Waals surface area contributed by atoms with Crippen molar-refractivity contribution in [3.05, 3.63) is 72.2 Å². The van der Waals surface area contributed by atoms with Gasteiger partial charge < -0.3 is 15.2 Å². The number of methoxy groups -OCH3 is 2. The average Bonchev–Trinajstić information content (AvgIpc) is 2.74. The first-order valence-corrected chi connectivity index (χ1v) is 8.77. The van der Waals surface area contributed by atoms with Gasteiger partial charge in [-0.25, -0.2) is 4.98 Å². The summed E-state index contributed by atoms with van der Waals surface area (Å²) in [4.78, 5) is 4.85. The van der Waals surface area contributed by atoms with Crippen LogP contribution in [0.4, 0.5) is 5.69 Å². The molecule has 0 aliphatic rings. The molecular weight excluding hydrogens is 352 g/mol. The monoisotopic (exact) mass is 372 g/mol. The van der Waals surface area contributed by atoms with E-state index in [1.807, 2.05) is 54.6 Å². The molecule has 1 heterocycles. The number of fused-ring (bicyclic) bond motifs is 1. The second kappa shape index (κ2) is 7.08. The van der Waals surface area contributed by atoms with E-state index >= 15 is 0 Å². The van der Waals surface area contributed by atoms with E-state index < -0.39 is 0 Å². The van der Waals surface area contributed by atoms with Gasteiger partial charge in [-0.3, -0.25) is 9.98 Å². The number of nitrogens with zero attached hydrogens (tertiary/aromatic N) is 2. The highest BCUT2D eigenvalue weighted by Gasteiger charge is 2.16. The van der Waals surface area contributed by atoms with Gasteiger partial charge in [-0.1, -0.05) is 18.2 Å². The summed E-state index contributed by atoms with van der Waals surface area (Å²) in [6.45, 7) is 0. The van der Waals surface area contributed by atoms with Crippen LogP contribution in [-0.2, 0) is 0 Å². The van der Waals surface area contributed by atoms with E-state index in [2.05, 4.69) is 0 Å². The largest absolute Gasteiger partial charge is 0.497 e. The highest BCUT2D eigenvalue weighted by atomic mass is 16.5. The van der Waals surface area contributed by atoms with Gasteiger partial charge >= 0.3 is 0 Å². The number of hydrogen-bond acceptors (Lipinski definition) is 5. The summed E-state index contributed by atoms with van der Waals surface area (Å²) in [7, 11) is 3.21. The van der Waals surface area contributed by atoms with Crippen molar-refractivity contribution in [3.63, 3.8) is 0 Å². The Labute approximate surface area is 162 Å². The third-order valence-corrected chi connectivity index (χ3v) is 4.64. The lowest BCUT2D eigenvalue weighted by Gasteiger charge is -2.17. The predicted octanol–water partition coefficient (Wildman–Crippen LogP) is 3.77. The lowest BCUT2D eigenvalue weighted by atomic mass is 10.1. The Morgan fingerprint density at radius 1 is 0.893 bits per heavy atom. The van der Waals surface area contributed by atoms with Crippen LogP contribution in [0.25, 0.3) is 28.0 Å².